The summed E-state index contributed by atoms with van der Waals surface area (Å²) < 4.78 is 31.2. The third kappa shape index (κ3) is 4.71. The van der Waals surface area contributed by atoms with E-state index in [0.29, 0.717) is 33.9 Å². The molecule has 7 nitrogen and oxygen atoms in total. The Kier molecular flexibility index (Phi) is 6.39. The Morgan fingerprint density at radius 1 is 1.00 bits per heavy atom. The van der Waals surface area contributed by atoms with Crippen molar-refractivity contribution in [1.82, 2.24) is 9.47 Å². The maximum Gasteiger partial charge on any atom is 0.308 e. The molecule has 1 fully saturated rings. The molecule has 1 aliphatic rings. The fourth-order valence-electron chi connectivity index (χ4n) is 4.21. The zero-order valence-electron chi connectivity index (χ0n) is 18.6. The molecular formula is C25H22ClN3O4S2. The first kappa shape index (κ1) is 23.6. The molecular weight excluding hydrogens is 506 g/mol. The molecule has 35 heavy (non-hydrogen) atoms. The lowest BCUT2D eigenvalue weighted by Gasteiger charge is -2.18. The van der Waals surface area contributed by atoms with E-state index >= 15 is 0 Å². The normalized spacial score (nSPS) is 13.9. The fraction of sp³-hybridized carbons (Fsp3) is 0.200. The highest BCUT2D eigenvalue weighted by Crippen LogP contribution is 2.27. The lowest BCUT2D eigenvalue weighted by Crippen LogP contribution is -2.28. The predicted molar refractivity (Wildman–Crippen MR) is 139 cm³/mol. The minimum absolute atomic E-state index is 0.0135. The Morgan fingerprint density at radius 2 is 1.71 bits per heavy atom. The number of halogens is 1. The van der Waals surface area contributed by atoms with Gasteiger partial charge in [-0.05, 0) is 54.8 Å². The van der Waals surface area contributed by atoms with Crippen molar-refractivity contribution in [2.75, 3.05) is 17.8 Å². The van der Waals surface area contributed by atoms with Crippen molar-refractivity contribution < 1.29 is 13.2 Å². The third-order valence-corrected chi connectivity index (χ3v) is 8.71. The first-order valence-corrected chi connectivity index (χ1v) is 13.8. The van der Waals surface area contributed by atoms with E-state index in [1.54, 1.807) is 45.9 Å². The molecule has 1 saturated heterocycles. The van der Waals surface area contributed by atoms with Gasteiger partial charge in [-0.15, -0.1) is 0 Å². The van der Waals surface area contributed by atoms with Crippen molar-refractivity contribution in [2.24, 2.45) is 0 Å². The summed E-state index contributed by atoms with van der Waals surface area (Å²) in [4.78, 5) is 27.2. The summed E-state index contributed by atoms with van der Waals surface area (Å²) in [5.74, 6) is -0.189. The van der Waals surface area contributed by atoms with Crippen molar-refractivity contribution in [3.63, 3.8) is 0 Å². The molecule has 0 unspecified atom stereocenters. The zero-order valence-corrected chi connectivity index (χ0v) is 21.0. The number of para-hydroxylation sites is 1. The molecule has 0 radical (unpaired) electrons. The first-order valence-electron chi connectivity index (χ1n) is 11.1. The molecule has 3 aromatic carbocycles. The number of hydrogen-bond acceptors (Lipinski definition) is 5. The van der Waals surface area contributed by atoms with Crippen LogP contribution in [0.5, 0.6) is 0 Å². The van der Waals surface area contributed by atoms with Crippen molar-refractivity contribution in [3.05, 3.63) is 92.5 Å². The Bertz CT molecular complexity index is 1590. The maximum atomic E-state index is 13.2. The largest absolute Gasteiger partial charge is 0.339 e. The number of carbonyl (C=O) groups excluding carboxylic acids is 1. The highest BCUT2D eigenvalue weighted by molar-refractivity contribution is 7.92. The molecule has 180 valence electrons. The van der Waals surface area contributed by atoms with Gasteiger partial charge in [0.25, 0.3) is 15.9 Å². The monoisotopic (exact) mass is 527 g/mol. The molecule has 4 aromatic rings. The van der Waals surface area contributed by atoms with Gasteiger partial charge in [0.05, 0.1) is 32.9 Å². The lowest BCUT2D eigenvalue weighted by molar-refractivity contribution is 0.0794. The quantitative estimate of drug-likeness (QED) is 0.390. The van der Waals surface area contributed by atoms with Crippen LogP contribution in [0, 0.1) is 0 Å². The second kappa shape index (κ2) is 9.49. The van der Waals surface area contributed by atoms with Crippen LogP contribution in [-0.4, -0.2) is 36.9 Å². The molecule has 0 saturated carbocycles. The van der Waals surface area contributed by atoms with Crippen molar-refractivity contribution in [2.45, 2.75) is 24.3 Å². The SMILES string of the molecule is O=C(c1ccccc1NS(=O)(=O)c1ccc2c(c1)sc(=O)n2Cc1ccccc1Cl)N1CCCC1. The minimum atomic E-state index is -4.00. The van der Waals surface area contributed by atoms with E-state index in [2.05, 4.69) is 4.72 Å². The average Bonchev–Trinajstić information content (AvgIpc) is 3.48. The summed E-state index contributed by atoms with van der Waals surface area (Å²) in [6.07, 6.45) is 1.89. The van der Waals surface area contributed by atoms with E-state index < -0.39 is 10.0 Å². The van der Waals surface area contributed by atoms with Crippen LogP contribution in [0.1, 0.15) is 28.8 Å². The maximum absolute atomic E-state index is 13.2. The number of nitrogens with one attached hydrogen (secondary N) is 1. The molecule has 1 amide bonds. The van der Waals surface area contributed by atoms with Crippen LogP contribution in [-0.2, 0) is 16.6 Å². The second-order valence-corrected chi connectivity index (χ2v) is 11.4. The van der Waals surface area contributed by atoms with Crippen LogP contribution in [0.25, 0.3) is 10.2 Å². The number of fused-ring (bicyclic) bond motifs is 1. The van der Waals surface area contributed by atoms with Gasteiger partial charge in [0.2, 0.25) is 0 Å². The summed E-state index contributed by atoms with van der Waals surface area (Å²) in [6, 6.07) is 18.5. The van der Waals surface area contributed by atoms with Gasteiger partial charge in [0.1, 0.15) is 0 Å². The molecule has 0 bridgehead atoms. The summed E-state index contributed by atoms with van der Waals surface area (Å²) in [6.45, 7) is 1.62. The van der Waals surface area contributed by atoms with Gasteiger partial charge in [0, 0.05) is 18.1 Å². The number of anilines is 1. The number of likely N-dealkylation sites (tertiary alicyclic amines) is 1. The van der Waals surface area contributed by atoms with E-state index in [9.17, 15) is 18.0 Å². The molecule has 5 rings (SSSR count). The van der Waals surface area contributed by atoms with Crippen LogP contribution >= 0.6 is 22.9 Å². The second-order valence-electron chi connectivity index (χ2n) is 8.33. The number of benzene rings is 3. The van der Waals surface area contributed by atoms with Gasteiger partial charge in [-0.2, -0.15) is 0 Å². The Morgan fingerprint density at radius 3 is 2.49 bits per heavy atom. The predicted octanol–water partition coefficient (Wildman–Crippen LogP) is 4.80. The summed E-state index contributed by atoms with van der Waals surface area (Å²) in [5.41, 5.74) is 1.97. The van der Waals surface area contributed by atoms with Gasteiger partial charge in [-0.1, -0.05) is 53.3 Å². The minimum Gasteiger partial charge on any atom is -0.339 e. The molecule has 0 atom stereocenters. The van der Waals surface area contributed by atoms with E-state index in [1.165, 1.54) is 12.1 Å². The highest BCUT2D eigenvalue weighted by Gasteiger charge is 2.24. The van der Waals surface area contributed by atoms with E-state index in [1.807, 2.05) is 18.2 Å². The van der Waals surface area contributed by atoms with Crippen molar-refractivity contribution in [1.29, 1.82) is 0 Å². The molecule has 0 aliphatic carbocycles. The third-order valence-electron chi connectivity index (χ3n) is 6.03. The van der Waals surface area contributed by atoms with Crippen LogP contribution in [0.2, 0.25) is 5.02 Å². The van der Waals surface area contributed by atoms with Crippen molar-refractivity contribution >= 4 is 54.8 Å². The fourth-order valence-corrected chi connectivity index (χ4v) is 6.52. The smallest absolute Gasteiger partial charge is 0.308 e. The molecule has 1 N–H and O–H groups in total. The number of hydrogen-bond donors (Lipinski definition) is 1. The van der Waals surface area contributed by atoms with Gasteiger partial charge in [0.15, 0.2) is 0 Å². The lowest BCUT2D eigenvalue weighted by atomic mass is 10.1. The number of thiazole rings is 1. The summed E-state index contributed by atoms with van der Waals surface area (Å²) in [7, 11) is -4.00. The van der Waals surface area contributed by atoms with E-state index in [4.69, 9.17) is 11.6 Å². The average molecular weight is 528 g/mol. The molecule has 0 spiro atoms. The number of nitrogens with zero attached hydrogens (tertiary/aromatic N) is 2. The van der Waals surface area contributed by atoms with Gasteiger partial charge < -0.3 is 4.90 Å². The van der Waals surface area contributed by atoms with Gasteiger partial charge in [-0.25, -0.2) is 8.42 Å². The molecule has 1 aliphatic heterocycles. The first-order chi connectivity index (χ1) is 16.8. The van der Waals surface area contributed by atoms with Gasteiger partial charge in [-0.3, -0.25) is 18.9 Å². The topological polar surface area (TPSA) is 88.5 Å². The van der Waals surface area contributed by atoms with Gasteiger partial charge >= 0.3 is 4.87 Å². The Hall–Kier alpha value is -3.14. The standard InChI is InChI=1S/C25H22ClN3O4S2/c26-20-9-3-1-7-17(20)16-29-22-12-11-18(15-23(22)34-25(29)31)35(32,33)27-21-10-4-2-8-19(21)24(30)28-13-5-6-14-28/h1-4,7-12,15,27H,5-6,13-14,16H2. The zero-order chi connectivity index (χ0) is 24.6. The van der Waals surface area contributed by atoms with Crippen LogP contribution in [0.15, 0.2) is 76.4 Å². The van der Waals surface area contributed by atoms with Crippen molar-refractivity contribution in [3.8, 4) is 0 Å². The number of amides is 1. The Balaban J connectivity index is 1.46. The molecule has 1 aromatic heterocycles. The Labute approximate surface area is 211 Å². The number of carbonyl (C=O) groups is 1. The summed E-state index contributed by atoms with van der Waals surface area (Å²) >= 11 is 7.23. The van der Waals surface area contributed by atoms with Crippen LogP contribution < -0.4 is 9.60 Å². The van der Waals surface area contributed by atoms with Crippen LogP contribution in [0.4, 0.5) is 5.69 Å². The molecule has 10 heteroatoms. The number of sulfonamides is 1. The molecule has 2 heterocycles. The highest BCUT2D eigenvalue weighted by atomic mass is 35.5. The van der Waals surface area contributed by atoms with E-state index in [-0.39, 0.29) is 27.9 Å². The van der Waals surface area contributed by atoms with Crippen LogP contribution in [0.3, 0.4) is 0 Å². The number of rotatable bonds is 6. The van der Waals surface area contributed by atoms with E-state index in [0.717, 1.165) is 29.7 Å². The number of aromatic nitrogens is 1. The summed E-state index contributed by atoms with van der Waals surface area (Å²) in [5, 5.41) is 0.560.